The number of hydrogen-bond acceptors (Lipinski definition) is 4. The molecular formula is C13H9NO3S. The summed E-state index contributed by atoms with van der Waals surface area (Å²) in [6.45, 7) is 0. The van der Waals surface area contributed by atoms with Gasteiger partial charge in [0.2, 0.25) is 0 Å². The normalized spacial score (nSPS) is 9.39. The van der Waals surface area contributed by atoms with Crippen molar-refractivity contribution in [3.8, 4) is 17.6 Å². The van der Waals surface area contributed by atoms with Gasteiger partial charge in [-0.25, -0.2) is 0 Å². The SMILES string of the molecule is COc1ccc(C#Cc2ccc([N+](=O)[O-])s2)cc1. The summed E-state index contributed by atoms with van der Waals surface area (Å²) in [7, 11) is 1.60. The van der Waals surface area contributed by atoms with Gasteiger partial charge in [0.05, 0.1) is 16.9 Å². The molecule has 0 N–H and O–H groups in total. The second kappa shape index (κ2) is 5.34. The lowest BCUT2D eigenvalue weighted by Gasteiger charge is -1.97. The Labute approximate surface area is 108 Å². The maximum Gasteiger partial charge on any atom is 0.325 e. The third kappa shape index (κ3) is 2.87. The molecule has 0 aliphatic carbocycles. The molecule has 0 unspecified atom stereocenters. The summed E-state index contributed by atoms with van der Waals surface area (Å²) in [5, 5.41) is 10.6. The van der Waals surface area contributed by atoms with E-state index < -0.39 is 4.92 Å². The van der Waals surface area contributed by atoms with Crippen LogP contribution in [0.4, 0.5) is 5.00 Å². The highest BCUT2D eigenvalue weighted by atomic mass is 32.1. The average molecular weight is 259 g/mol. The number of nitro groups is 1. The number of ether oxygens (including phenoxy) is 1. The number of methoxy groups -OCH3 is 1. The Balaban J connectivity index is 2.17. The molecule has 0 bridgehead atoms. The quantitative estimate of drug-likeness (QED) is 0.473. The minimum absolute atomic E-state index is 0.106. The summed E-state index contributed by atoms with van der Waals surface area (Å²) >= 11 is 1.07. The van der Waals surface area contributed by atoms with Crippen molar-refractivity contribution in [2.24, 2.45) is 0 Å². The Kier molecular flexibility index (Phi) is 3.60. The van der Waals surface area contributed by atoms with Crippen molar-refractivity contribution < 1.29 is 9.66 Å². The number of nitrogens with zero attached hydrogens (tertiary/aromatic N) is 1. The van der Waals surface area contributed by atoms with Gasteiger partial charge >= 0.3 is 5.00 Å². The van der Waals surface area contributed by atoms with Crippen molar-refractivity contribution >= 4 is 16.3 Å². The van der Waals surface area contributed by atoms with Crippen molar-refractivity contribution in [3.05, 3.63) is 57.0 Å². The molecule has 0 aliphatic heterocycles. The average Bonchev–Trinajstić information content (AvgIpc) is 2.86. The fourth-order valence-corrected chi connectivity index (χ4v) is 1.98. The first kappa shape index (κ1) is 12.1. The van der Waals surface area contributed by atoms with Gasteiger partial charge in [0, 0.05) is 11.6 Å². The lowest BCUT2D eigenvalue weighted by Crippen LogP contribution is -1.81. The standard InChI is InChI=1S/C13H9NO3S/c1-17-11-5-2-10(3-6-11)4-7-12-8-9-13(18-12)14(15)16/h2-3,5-6,8-9H,1H3. The largest absolute Gasteiger partial charge is 0.497 e. The summed E-state index contributed by atoms with van der Waals surface area (Å²) in [4.78, 5) is 10.8. The zero-order chi connectivity index (χ0) is 13.0. The summed E-state index contributed by atoms with van der Waals surface area (Å²) in [5.74, 6) is 6.61. The molecule has 18 heavy (non-hydrogen) atoms. The van der Waals surface area contributed by atoms with Crippen LogP contribution in [0.25, 0.3) is 0 Å². The number of hydrogen-bond donors (Lipinski definition) is 0. The molecule has 5 heteroatoms. The van der Waals surface area contributed by atoms with Gasteiger partial charge in [-0.1, -0.05) is 23.2 Å². The molecule has 4 nitrogen and oxygen atoms in total. The molecule has 0 saturated carbocycles. The first-order chi connectivity index (χ1) is 8.69. The van der Waals surface area contributed by atoms with Gasteiger partial charge in [0.1, 0.15) is 5.75 Å². The Bertz CT molecular complexity index is 620. The van der Waals surface area contributed by atoms with Crippen LogP contribution in [-0.2, 0) is 0 Å². The Morgan fingerprint density at radius 3 is 2.44 bits per heavy atom. The Morgan fingerprint density at radius 2 is 1.89 bits per heavy atom. The highest BCUT2D eigenvalue weighted by Crippen LogP contribution is 2.23. The molecule has 0 amide bonds. The topological polar surface area (TPSA) is 52.4 Å². The van der Waals surface area contributed by atoms with Gasteiger partial charge in [0.15, 0.2) is 0 Å². The van der Waals surface area contributed by atoms with E-state index in [2.05, 4.69) is 11.8 Å². The molecule has 0 atom stereocenters. The van der Waals surface area contributed by atoms with Crippen LogP contribution in [0.1, 0.15) is 10.4 Å². The van der Waals surface area contributed by atoms with Crippen LogP contribution in [-0.4, -0.2) is 12.0 Å². The summed E-state index contributed by atoms with van der Waals surface area (Å²) in [6, 6.07) is 10.4. The predicted octanol–water partition coefficient (Wildman–Crippen LogP) is 3.06. The van der Waals surface area contributed by atoms with E-state index in [1.165, 1.54) is 6.07 Å². The molecule has 1 heterocycles. The third-order valence-electron chi connectivity index (χ3n) is 2.19. The Hall–Kier alpha value is -2.32. The van der Waals surface area contributed by atoms with Gasteiger partial charge in [-0.3, -0.25) is 10.1 Å². The maximum absolute atomic E-state index is 10.5. The van der Waals surface area contributed by atoms with Gasteiger partial charge in [-0.05, 0) is 30.3 Å². The van der Waals surface area contributed by atoms with Gasteiger partial charge in [0.25, 0.3) is 0 Å². The van der Waals surface area contributed by atoms with Crippen LogP contribution in [0.3, 0.4) is 0 Å². The molecule has 0 aliphatic rings. The summed E-state index contributed by atoms with van der Waals surface area (Å²) < 4.78 is 5.04. The molecule has 90 valence electrons. The van der Waals surface area contributed by atoms with Crippen LogP contribution in [0.5, 0.6) is 5.75 Å². The highest BCUT2D eigenvalue weighted by Gasteiger charge is 2.07. The second-order valence-electron chi connectivity index (χ2n) is 3.37. The molecule has 2 aromatic rings. The van der Waals surface area contributed by atoms with Gasteiger partial charge in [-0.2, -0.15) is 0 Å². The molecule has 0 spiro atoms. The number of thiophene rings is 1. The Morgan fingerprint density at radius 1 is 1.17 bits per heavy atom. The van der Waals surface area contributed by atoms with Crippen molar-refractivity contribution in [2.45, 2.75) is 0 Å². The zero-order valence-corrected chi connectivity index (χ0v) is 10.4. The van der Waals surface area contributed by atoms with E-state index in [1.807, 2.05) is 24.3 Å². The van der Waals surface area contributed by atoms with Crippen LogP contribution < -0.4 is 4.74 Å². The fourth-order valence-electron chi connectivity index (χ4n) is 1.30. The molecule has 1 aromatic heterocycles. The van der Waals surface area contributed by atoms with Crippen LogP contribution in [0, 0.1) is 22.0 Å². The van der Waals surface area contributed by atoms with E-state index in [-0.39, 0.29) is 5.00 Å². The van der Waals surface area contributed by atoms with Crippen molar-refractivity contribution in [2.75, 3.05) is 7.11 Å². The highest BCUT2D eigenvalue weighted by molar-refractivity contribution is 7.15. The summed E-state index contributed by atoms with van der Waals surface area (Å²) in [5.41, 5.74) is 0.840. The second-order valence-corrected chi connectivity index (χ2v) is 4.44. The van der Waals surface area contributed by atoms with Crippen LogP contribution >= 0.6 is 11.3 Å². The number of rotatable bonds is 2. The molecule has 0 saturated heterocycles. The van der Waals surface area contributed by atoms with E-state index in [9.17, 15) is 10.1 Å². The lowest BCUT2D eigenvalue weighted by molar-refractivity contribution is -0.380. The van der Waals surface area contributed by atoms with E-state index in [0.717, 1.165) is 22.6 Å². The number of benzene rings is 1. The fraction of sp³-hybridized carbons (Fsp3) is 0.0769. The van der Waals surface area contributed by atoms with E-state index in [4.69, 9.17) is 4.74 Å². The molecule has 2 rings (SSSR count). The maximum atomic E-state index is 10.5. The molecule has 0 fully saturated rings. The minimum Gasteiger partial charge on any atom is -0.497 e. The minimum atomic E-state index is -0.413. The molecule has 0 radical (unpaired) electrons. The smallest absolute Gasteiger partial charge is 0.325 e. The first-order valence-corrected chi connectivity index (χ1v) is 5.91. The third-order valence-corrected chi connectivity index (χ3v) is 3.14. The van der Waals surface area contributed by atoms with E-state index in [0.29, 0.717) is 4.88 Å². The van der Waals surface area contributed by atoms with Crippen LogP contribution in [0.2, 0.25) is 0 Å². The molecule has 1 aromatic carbocycles. The monoisotopic (exact) mass is 259 g/mol. The summed E-state index contributed by atoms with van der Waals surface area (Å²) in [6.07, 6.45) is 0. The van der Waals surface area contributed by atoms with Gasteiger partial charge in [-0.15, -0.1) is 0 Å². The first-order valence-electron chi connectivity index (χ1n) is 5.09. The zero-order valence-electron chi connectivity index (χ0n) is 9.54. The lowest BCUT2D eigenvalue weighted by atomic mass is 10.2. The van der Waals surface area contributed by atoms with E-state index in [1.54, 1.807) is 13.2 Å². The van der Waals surface area contributed by atoms with Crippen molar-refractivity contribution in [3.63, 3.8) is 0 Å². The molecular weight excluding hydrogens is 250 g/mol. The predicted molar refractivity (Wildman–Crippen MR) is 69.9 cm³/mol. The van der Waals surface area contributed by atoms with Gasteiger partial charge < -0.3 is 4.74 Å². The van der Waals surface area contributed by atoms with Crippen molar-refractivity contribution in [1.82, 2.24) is 0 Å². The van der Waals surface area contributed by atoms with E-state index >= 15 is 0 Å². The van der Waals surface area contributed by atoms with Crippen LogP contribution in [0.15, 0.2) is 36.4 Å². The van der Waals surface area contributed by atoms with Crippen molar-refractivity contribution in [1.29, 1.82) is 0 Å².